The summed E-state index contributed by atoms with van der Waals surface area (Å²) in [6.45, 7) is 3.46. The second kappa shape index (κ2) is 5.35. The Morgan fingerprint density at radius 2 is 1.86 bits per heavy atom. The molecule has 0 unspecified atom stereocenters. The molecule has 0 radical (unpaired) electrons. The van der Waals surface area contributed by atoms with Crippen LogP contribution in [0.1, 0.15) is 30.0 Å². The number of furan rings is 1. The van der Waals surface area contributed by atoms with Gasteiger partial charge in [-0.3, -0.25) is 14.9 Å². The fourth-order valence-electron chi connectivity index (χ4n) is 1.83. The zero-order chi connectivity index (χ0) is 15.6. The maximum absolute atomic E-state index is 12.9. The van der Waals surface area contributed by atoms with Crippen molar-refractivity contribution in [2.75, 3.05) is 0 Å². The Morgan fingerprint density at radius 3 is 2.38 bits per heavy atom. The largest absolute Gasteiger partial charge is 0.433 e. The quantitative estimate of drug-likeness (QED) is 0.693. The van der Waals surface area contributed by atoms with Crippen molar-refractivity contribution < 1.29 is 18.5 Å². The normalized spacial score (nSPS) is 11.2. The van der Waals surface area contributed by atoms with E-state index in [-0.39, 0.29) is 11.6 Å². The van der Waals surface area contributed by atoms with Gasteiger partial charge in [0.25, 0.3) is 5.91 Å². The van der Waals surface area contributed by atoms with Crippen LogP contribution in [0.25, 0.3) is 0 Å². The Morgan fingerprint density at radius 1 is 1.24 bits per heavy atom. The number of hydrogen-bond donors (Lipinski definition) is 1. The standard InChI is InChI=1S/C14H13FN2O4/c1-14(2,9-3-5-10(15)6-4-9)16-13(18)11-7-8-12(21-11)17(19)20/h3-8H,1-2H3,(H,16,18). The van der Waals surface area contributed by atoms with E-state index >= 15 is 0 Å². The molecule has 2 aromatic rings. The molecular weight excluding hydrogens is 279 g/mol. The number of benzene rings is 1. The highest BCUT2D eigenvalue weighted by molar-refractivity contribution is 5.92. The highest BCUT2D eigenvalue weighted by Crippen LogP contribution is 2.22. The average Bonchev–Trinajstić information content (AvgIpc) is 2.88. The summed E-state index contributed by atoms with van der Waals surface area (Å²) in [7, 11) is 0. The first-order chi connectivity index (χ1) is 9.79. The SMILES string of the molecule is CC(C)(NC(=O)c1ccc([N+](=O)[O-])o1)c1ccc(F)cc1. The number of halogens is 1. The van der Waals surface area contributed by atoms with E-state index in [1.807, 2.05) is 0 Å². The third-order valence-electron chi connectivity index (χ3n) is 2.99. The van der Waals surface area contributed by atoms with Crippen molar-refractivity contribution in [3.8, 4) is 0 Å². The lowest BCUT2D eigenvalue weighted by atomic mass is 9.94. The zero-order valence-electron chi connectivity index (χ0n) is 11.4. The molecule has 0 aliphatic rings. The predicted molar refractivity (Wildman–Crippen MR) is 72.3 cm³/mol. The Bertz CT molecular complexity index is 677. The van der Waals surface area contributed by atoms with Crippen LogP contribution in [0, 0.1) is 15.9 Å². The molecule has 1 aromatic heterocycles. The number of nitro groups is 1. The molecule has 21 heavy (non-hydrogen) atoms. The second-order valence-corrected chi connectivity index (χ2v) is 4.98. The third kappa shape index (κ3) is 3.25. The van der Waals surface area contributed by atoms with Gasteiger partial charge in [0, 0.05) is 0 Å². The maximum Gasteiger partial charge on any atom is 0.433 e. The van der Waals surface area contributed by atoms with Crippen LogP contribution < -0.4 is 5.32 Å². The minimum atomic E-state index is -0.785. The molecule has 0 saturated carbocycles. The van der Waals surface area contributed by atoms with Gasteiger partial charge in [0.05, 0.1) is 11.6 Å². The third-order valence-corrected chi connectivity index (χ3v) is 2.99. The van der Waals surface area contributed by atoms with Gasteiger partial charge in [0.2, 0.25) is 0 Å². The number of rotatable bonds is 4. The van der Waals surface area contributed by atoms with Gasteiger partial charge in [-0.2, -0.15) is 0 Å². The van der Waals surface area contributed by atoms with Crippen LogP contribution in [0.2, 0.25) is 0 Å². The molecule has 6 nitrogen and oxygen atoms in total. The van der Waals surface area contributed by atoms with Crippen LogP contribution >= 0.6 is 0 Å². The number of hydrogen-bond acceptors (Lipinski definition) is 4. The Hall–Kier alpha value is -2.70. The van der Waals surface area contributed by atoms with Gasteiger partial charge >= 0.3 is 5.88 Å². The van der Waals surface area contributed by atoms with Crippen molar-refractivity contribution >= 4 is 11.8 Å². The van der Waals surface area contributed by atoms with E-state index in [2.05, 4.69) is 5.32 Å². The Kier molecular flexibility index (Phi) is 3.75. The molecule has 1 heterocycles. The van der Waals surface area contributed by atoms with Gasteiger partial charge in [0.1, 0.15) is 10.7 Å². The number of carbonyl (C=O) groups is 1. The molecule has 0 bridgehead atoms. The number of amides is 1. The van der Waals surface area contributed by atoms with E-state index in [0.717, 1.165) is 6.07 Å². The first kappa shape index (κ1) is 14.7. The fourth-order valence-corrected chi connectivity index (χ4v) is 1.83. The molecule has 1 amide bonds. The molecule has 0 fully saturated rings. The topological polar surface area (TPSA) is 85.4 Å². The van der Waals surface area contributed by atoms with Crippen molar-refractivity contribution in [2.45, 2.75) is 19.4 Å². The van der Waals surface area contributed by atoms with Crippen molar-refractivity contribution in [3.63, 3.8) is 0 Å². The molecule has 7 heteroatoms. The first-order valence-electron chi connectivity index (χ1n) is 6.12. The maximum atomic E-state index is 12.9. The lowest BCUT2D eigenvalue weighted by molar-refractivity contribution is -0.402. The minimum Gasteiger partial charge on any atom is -0.395 e. The van der Waals surface area contributed by atoms with Crippen LogP contribution in [0.4, 0.5) is 10.3 Å². The number of nitrogens with zero attached hydrogens (tertiary/aromatic N) is 1. The predicted octanol–water partition coefficient (Wildman–Crippen LogP) is 2.99. The van der Waals surface area contributed by atoms with Gasteiger partial charge in [-0.25, -0.2) is 4.39 Å². The Balaban J connectivity index is 2.16. The smallest absolute Gasteiger partial charge is 0.395 e. The molecule has 0 aliphatic carbocycles. The molecule has 2 rings (SSSR count). The highest BCUT2D eigenvalue weighted by Gasteiger charge is 2.26. The fraction of sp³-hybridized carbons (Fsp3) is 0.214. The van der Waals surface area contributed by atoms with Crippen molar-refractivity contribution in [1.82, 2.24) is 5.32 Å². The lowest BCUT2D eigenvalue weighted by Crippen LogP contribution is -2.40. The van der Waals surface area contributed by atoms with E-state index in [4.69, 9.17) is 4.42 Å². The van der Waals surface area contributed by atoms with Crippen LogP contribution in [0.3, 0.4) is 0 Å². The molecule has 0 atom stereocenters. The summed E-state index contributed by atoms with van der Waals surface area (Å²) in [6, 6.07) is 8.04. The summed E-state index contributed by atoms with van der Waals surface area (Å²) in [5, 5.41) is 13.2. The second-order valence-electron chi connectivity index (χ2n) is 4.98. The summed E-state index contributed by atoms with van der Waals surface area (Å²) in [6.07, 6.45) is 0. The molecule has 1 aromatic carbocycles. The van der Waals surface area contributed by atoms with Gasteiger partial charge in [-0.1, -0.05) is 12.1 Å². The van der Waals surface area contributed by atoms with E-state index in [0.29, 0.717) is 5.56 Å². The van der Waals surface area contributed by atoms with Gasteiger partial charge in [0.15, 0.2) is 5.76 Å². The van der Waals surface area contributed by atoms with Crippen LogP contribution in [0.15, 0.2) is 40.8 Å². The first-order valence-corrected chi connectivity index (χ1v) is 6.12. The van der Waals surface area contributed by atoms with Crippen molar-refractivity contribution in [1.29, 1.82) is 0 Å². The Labute approximate surface area is 119 Å². The summed E-state index contributed by atoms with van der Waals surface area (Å²) < 4.78 is 17.8. The summed E-state index contributed by atoms with van der Waals surface area (Å²) in [4.78, 5) is 21.8. The van der Waals surface area contributed by atoms with E-state index in [9.17, 15) is 19.3 Å². The van der Waals surface area contributed by atoms with E-state index < -0.39 is 22.3 Å². The van der Waals surface area contributed by atoms with Gasteiger partial charge in [-0.05, 0) is 37.6 Å². The van der Waals surface area contributed by atoms with Crippen LogP contribution in [-0.2, 0) is 5.54 Å². The number of carbonyl (C=O) groups excluding carboxylic acids is 1. The molecule has 0 saturated heterocycles. The number of nitrogens with one attached hydrogen (secondary N) is 1. The lowest BCUT2D eigenvalue weighted by Gasteiger charge is -2.26. The minimum absolute atomic E-state index is 0.156. The molecule has 0 aliphatic heterocycles. The molecular formula is C14H13FN2O4. The van der Waals surface area contributed by atoms with Crippen molar-refractivity contribution in [2.24, 2.45) is 0 Å². The monoisotopic (exact) mass is 292 g/mol. The highest BCUT2D eigenvalue weighted by atomic mass is 19.1. The van der Waals surface area contributed by atoms with Gasteiger partial charge < -0.3 is 9.73 Å². The van der Waals surface area contributed by atoms with Crippen molar-refractivity contribution in [3.05, 3.63) is 63.7 Å². The van der Waals surface area contributed by atoms with Crippen LogP contribution in [0.5, 0.6) is 0 Å². The average molecular weight is 292 g/mol. The summed E-state index contributed by atoms with van der Waals surface area (Å²) in [5.41, 5.74) is -0.0925. The van der Waals surface area contributed by atoms with E-state index in [1.54, 1.807) is 26.0 Å². The molecule has 1 N–H and O–H groups in total. The molecule has 110 valence electrons. The summed E-state index contributed by atoms with van der Waals surface area (Å²) in [5.74, 6) is -1.61. The molecule has 0 spiro atoms. The van der Waals surface area contributed by atoms with Gasteiger partial charge in [-0.15, -0.1) is 0 Å². The zero-order valence-corrected chi connectivity index (χ0v) is 11.4. The van der Waals surface area contributed by atoms with Crippen LogP contribution in [-0.4, -0.2) is 10.8 Å². The van der Waals surface area contributed by atoms with E-state index in [1.165, 1.54) is 18.2 Å². The summed E-state index contributed by atoms with van der Waals surface area (Å²) >= 11 is 0.